The van der Waals surface area contributed by atoms with E-state index in [9.17, 15) is 10.1 Å². The van der Waals surface area contributed by atoms with Crippen molar-refractivity contribution in [2.24, 2.45) is 11.3 Å². The van der Waals surface area contributed by atoms with Gasteiger partial charge in [0, 0.05) is 20.0 Å². The lowest BCUT2D eigenvalue weighted by atomic mass is 9.72. The van der Waals surface area contributed by atoms with Gasteiger partial charge in [-0.2, -0.15) is 5.26 Å². The van der Waals surface area contributed by atoms with E-state index in [-0.39, 0.29) is 10.5 Å². The standard InChI is InChI=1S/C23H21Cl2N3OS3/c1-23(2,3)11-4-6-13-15(10-26)21(32-16(13)8-11)28-22(30)27-20(29)19-18(25)14-7-5-12(24)9-17(14)31-19/h5,7,9,11H,4,6,8H2,1-3H3,(H2,27,28,29,30). The van der Waals surface area contributed by atoms with E-state index in [2.05, 4.69) is 37.5 Å². The normalized spacial score (nSPS) is 15.8. The van der Waals surface area contributed by atoms with Crippen LogP contribution in [0.5, 0.6) is 0 Å². The van der Waals surface area contributed by atoms with Gasteiger partial charge in [-0.25, -0.2) is 0 Å². The molecule has 0 fully saturated rings. The Hall–Kier alpha value is -1.69. The highest BCUT2D eigenvalue weighted by Crippen LogP contribution is 2.44. The van der Waals surface area contributed by atoms with E-state index in [0.29, 0.717) is 31.4 Å². The van der Waals surface area contributed by atoms with Gasteiger partial charge in [-0.3, -0.25) is 10.1 Å². The molecule has 0 saturated heterocycles. The van der Waals surface area contributed by atoms with Crippen LogP contribution < -0.4 is 10.6 Å². The number of nitriles is 1. The van der Waals surface area contributed by atoms with Crippen LogP contribution in [0.15, 0.2) is 18.2 Å². The third-order valence-corrected chi connectivity index (χ3v) is 9.12. The monoisotopic (exact) mass is 521 g/mol. The second-order valence-corrected chi connectivity index (χ2v) is 12.3. The van der Waals surface area contributed by atoms with Gasteiger partial charge in [0.05, 0.1) is 10.6 Å². The molecule has 1 unspecified atom stereocenters. The maximum Gasteiger partial charge on any atom is 0.269 e. The molecular weight excluding hydrogens is 501 g/mol. The fraction of sp³-hybridized carbons (Fsp3) is 0.348. The van der Waals surface area contributed by atoms with E-state index in [4.69, 9.17) is 35.4 Å². The highest BCUT2D eigenvalue weighted by atomic mass is 35.5. The molecule has 9 heteroatoms. The lowest BCUT2D eigenvalue weighted by Gasteiger charge is -2.33. The predicted octanol–water partition coefficient (Wildman–Crippen LogP) is 7.42. The second kappa shape index (κ2) is 8.92. The van der Waals surface area contributed by atoms with E-state index >= 15 is 0 Å². The number of hydrogen-bond acceptors (Lipinski definition) is 5. The Morgan fingerprint density at radius 3 is 2.72 bits per heavy atom. The van der Waals surface area contributed by atoms with Crippen LogP contribution in [-0.4, -0.2) is 11.0 Å². The zero-order chi connectivity index (χ0) is 23.2. The van der Waals surface area contributed by atoms with Crippen LogP contribution in [0.3, 0.4) is 0 Å². The molecule has 0 radical (unpaired) electrons. The molecule has 1 amide bonds. The number of nitrogens with one attached hydrogen (secondary N) is 2. The van der Waals surface area contributed by atoms with E-state index in [0.717, 1.165) is 34.9 Å². The van der Waals surface area contributed by atoms with Crippen LogP contribution in [0, 0.1) is 22.7 Å². The van der Waals surface area contributed by atoms with Gasteiger partial charge in [-0.1, -0.05) is 50.0 Å². The fourth-order valence-electron chi connectivity index (χ4n) is 4.01. The van der Waals surface area contributed by atoms with Crippen molar-refractivity contribution in [3.8, 4) is 6.07 Å². The number of thiophene rings is 2. The summed E-state index contributed by atoms with van der Waals surface area (Å²) in [6, 6.07) is 7.64. The average Bonchev–Trinajstić information content (AvgIpc) is 3.22. The molecule has 2 heterocycles. The summed E-state index contributed by atoms with van der Waals surface area (Å²) in [5.41, 5.74) is 1.96. The Morgan fingerprint density at radius 2 is 2.03 bits per heavy atom. The van der Waals surface area contributed by atoms with Crippen molar-refractivity contribution in [1.82, 2.24) is 5.32 Å². The predicted molar refractivity (Wildman–Crippen MR) is 140 cm³/mol. The number of fused-ring (bicyclic) bond motifs is 2. The minimum atomic E-state index is -0.391. The number of carbonyl (C=O) groups is 1. The number of carbonyl (C=O) groups excluding carboxylic acids is 1. The molecule has 32 heavy (non-hydrogen) atoms. The first-order valence-electron chi connectivity index (χ1n) is 10.1. The molecule has 0 aliphatic heterocycles. The van der Waals surface area contributed by atoms with Gasteiger partial charge in [0.25, 0.3) is 5.91 Å². The van der Waals surface area contributed by atoms with Crippen LogP contribution in [0.4, 0.5) is 5.00 Å². The molecule has 166 valence electrons. The first-order chi connectivity index (χ1) is 15.1. The summed E-state index contributed by atoms with van der Waals surface area (Å²) >= 11 is 20.7. The van der Waals surface area contributed by atoms with E-state index in [1.807, 2.05) is 0 Å². The number of amides is 1. The zero-order valence-corrected chi connectivity index (χ0v) is 21.7. The summed E-state index contributed by atoms with van der Waals surface area (Å²) in [5.74, 6) is 0.181. The summed E-state index contributed by atoms with van der Waals surface area (Å²) in [5, 5.41) is 18.1. The maximum atomic E-state index is 12.8. The average molecular weight is 523 g/mol. The summed E-state index contributed by atoms with van der Waals surface area (Å²) in [6.45, 7) is 6.79. The van der Waals surface area contributed by atoms with Crippen molar-refractivity contribution in [3.05, 3.63) is 49.1 Å². The number of halogens is 2. The molecule has 1 aliphatic carbocycles. The molecule has 0 spiro atoms. The fourth-order valence-corrected chi connectivity index (χ4v) is 7.24. The van der Waals surface area contributed by atoms with Gasteiger partial charge >= 0.3 is 0 Å². The minimum Gasteiger partial charge on any atom is -0.323 e. The van der Waals surface area contributed by atoms with Crippen LogP contribution >= 0.6 is 58.1 Å². The molecule has 1 aliphatic rings. The Bertz CT molecular complexity index is 1280. The van der Waals surface area contributed by atoms with Crippen molar-refractivity contribution < 1.29 is 4.79 Å². The van der Waals surface area contributed by atoms with Crippen molar-refractivity contribution in [3.63, 3.8) is 0 Å². The number of thiocarbonyl (C=S) groups is 1. The van der Waals surface area contributed by atoms with Crippen LogP contribution in [-0.2, 0) is 12.8 Å². The van der Waals surface area contributed by atoms with Gasteiger partial charge < -0.3 is 5.32 Å². The molecular formula is C23H21Cl2N3OS3. The third kappa shape index (κ3) is 4.52. The molecule has 2 aromatic heterocycles. The lowest BCUT2D eigenvalue weighted by Crippen LogP contribution is -2.33. The summed E-state index contributed by atoms with van der Waals surface area (Å²) < 4.78 is 0.831. The topological polar surface area (TPSA) is 64.9 Å². The van der Waals surface area contributed by atoms with Crippen molar-refractivity contribution in [2.45, 2.75) is 40.0 Å². The largest absolute Gasteiger partial charge is 0.323 e. The number of rotatable bonds is 2. The van der Waals surface area contributed by atoms with Crippen LogP contribution in [0.2, 0.25) is 10.0 Å². The molecule has 3 aromatic rings. The van der Waals surface area contributed by atoms with E-state index in [1.165, 1.54) is 16.2 Å². The molecule has 4 rings (SSSR count). The number of benzene rings is 1. The summed E-state index contributed by atoms with van der Waals surface area (Å²) in [7, 11) is 0. The quantitative estimate of drug-likeness (QED) is 0.344. The number of nitrogens with zero attached hydrogens (tertiary/aromatic N) is 1. The van der Waals surface area contributed by atoms with Gasteiger partial charge in [0.15, 0.2) is 5.11 Å². The van der Waals surface area contributed by atoms with Gasteiger partial charge in [-0.05, 0) is 60.5 Å². The maximum absolute atomic E-state index is 12.8. The number of hydrogen-bond donors (Lipinski definition) is 2. The molecule has 2 N–H and O–H groups in total. The zero-order valence-electron chi connectivity index (χ0n) is 17.8. The Balaban J connectivity index is 1.52. The van der Waals surface area contributed by atoms with Gasteiger partial charge in [0.1, 0.15) is 15.9 Å². The molecule has 1 aromatic carbocycles. The Morgan fingerprint density at radius 1 is 1.28 bits per heavy atom. The molecule has 0 saturated carbocycles. The molecule has 4 nitrogen and oxygen atoms in total. The summed E-state index contributed by atoms with van der Waals surface area (Å²) in [4.78, 5) is 14.4. The molecule has 0 bridgehead atoms. The Kier molecular flexibility index (Phi) is 6.54. The summed E-state index contributed by atoms with van der Waals surface area (Å²) in [6.07, 6.45) is 2.91. The van der Waals surface area contributed by atoms with Gasteiger partial charge in [0.2, 0.25) is 0 Å². The smallest absolute Gasteiger partial charge is 0.269 e. The van der Waals surface area contributed by atoms with Crippen molar-refractivity contribution >= 4 is 84.2 Å². The van der Waals surface area contributed by atoms with Crippen molar-refractivity contribution in [1.29, 1.82) is 5.26 Å². The van der Waals surface area contributed by atoms with Crippen molar-refractivity contribution in [2.75, 3.05) is 5.32 Å². The SMILES string of the molecule is CC(C)(C)C1CCc2c(sc(NC(=S)NC(=O)c3sc4cc(Cl)ccc4c3Cl)c2C#N)C1. The number of anilines is 1. The lowest BCUT2D eigenvalue weighted by molar-refractivity contribution is 0.0982. The minimum absolute atomic E-state index is 0.143. The van der Waals surface area contributed by atoms with Crippen LogP contribution in [0.1, 0.15) is 52.9 Å². The van der Waals surface area contributed by atoms with E-state index in [1.54, 1.807) is 29.5 Å². The third-order valence-electron chi connectivity index (χ3n) is 5.85. The van der Waals surface area contributed by atoms with Crippen LogP contribution in [0.25, 0.3) is 10.1 Å². The van der Waals surface area contributed by atoms with E-state index < -0.39 is 5.91 Å². The second-order valence-electron chi connectivity index (χ2n) is 8.92. The first-order valence-corrected chi connectivity index (χ1v) is 12.9. The molecule has 1 atom stereocenters. The van der Waals surface area contributed by atoms with Gasteiger partial charge in [-0.15, -0.1) is 22.7 Å². The highest BCUT2D eigenvalue weighted by Gasteiger charge is 2.32. The Labute approximate surface area is 210 Å². The highest BCUT2D eigenvalue weighted by molar-refractivity contribution is 7.80. The first kappa shape index (κ1) is 23.5.